The topological polar surface area (TPSA) is 86.4 Å². The Morgan fingerprint density at radius 2 is 1.88 bits per heavy atom. The Bertz CT molecular complexity index is 569. The van der Waals surface area contributed by atoms with Gasteiger partial charge in [0.15, 0.2) is 0 Å². The molecule has 0 aromatic carbocycles. The van der Waals surface area contributed by atoms with Crippen molar-refractivity contribution in [3.63, 3.8) is 0 Å². The van der Waals surface area contributed by atoms with Crippen molar-refractivity contribution in [2.24, 2.45) is 0 Å². The molecule has 25 heavy (non-hydrogen) atoms. The fraction of sp³-hybridized carbons (Fsp3) is 0.611. The van der Waals surface area contributed by atoms with Crippen molar-refractivity contribution in [3.05, 3.63) is 18.3 Å². The summed E-state index contributed by atoms with van der Waals surface area (Å²) in [5.41, 5.74) is 1.08. The van der Waals surface area contributed by atoms with E-state index >= 15 is 0 Å². The van der Waals surface area contributed by atoms with Crippen LogP contribution in [0.2, 0.25) is 0 Å². The summed E-state index contributed by atoms with van der Waals surface area (Å²) in [7, 11) is 0. The lowest BCUT2D eigenvalue weighted by molar-refractivity contribution is -0.123. The molecule has 2 heterocycles. The van der Waals surface area contributed by atoms with E-state index < -0.39 is 12.1 Å². The fourth-order valence-electron chi connectivity index (χ4n) is 2.68. The summed E-state index contributed by atoms with van der Waals surface area (Å²) < 4.78 is 0. The van der Waals surface area contributed by atoms with Crippen molar-refractivity contribution in [3.8, 4) is 0 Å². The quantitative estimate of drug-likeness (QED) is 0.738. The van der Waals surface area contributed by atoms with Gasteiger partial charge < -0.3 is 15.5 Å². The minimum Gasteiger partial charge on any atom is -0.370 e. The molecule has 3 amide bonds. The molecule has 0 saturated carbocycles. The first-order valence-electron chi connectivity index (χ1n) is 9.08. The number of carbonyl (C=O) groups is 2. The molecule has 0 unspecified atom stereocenters. The molecule has 0 aliphatic carbocycles. The van der Waals surface area contributed by atoms with Gasteiger partial charge in [0, 0.05) is 19.1 Å². The molecule has 0 radical (unpaired) electrons. The van der Waals surface area contributed by atoms with Gasteiger partial charge in [-0.3, -0.25) is 10.1 Å². The number of nitrogens with zero attached hydrogens (tertiary/aromatic N) is 2. The molecule has 0 spiro atoms. The van der Waals surface area contributed by atoms with Gasteiger partial charge in [0.25, 0.3) is 0 Å². The standard InChI is InChI=1S/C18H29N5O2/c1-4-13(2)20-17(24)14(3)21-18(25)22-16-9-8-15(12-19-16)23-10-6-5-7-11-23/h8-9,12-14H,4-7,10-11H2,1-3H3,(H,20,24)(H2,19,21,22,25)/t13-,14-/m1/s1. The number of urea groups is 1. The average Bonchev–Trinajstić information content (AvgIpc) is 2.62. The molecule has 3 N–H and O–H groups in total. The second kappa shape index (κ2) is 9.25. The SMILES string of the molecule is CC[C@@H](C)NC(=O)[C@@H](C)NC(=O)Nc1ccc(N2CCCCC2)cn1. The summed E-state index contributed by atoms with van der Waals surface area (Å²) in [4.78, 5) is 30.6. The molecule has 1 fully saturated rings. The minimum absolute atomic E-state index is 0.0869. The van der Waals surface area contributed by atoms with E-state index in [2.05, 4.69) is 25.8 Å². The van der Waals surface area contributed by atoms with Gasteiger partial charge in [-0.2, -0.15) is 0 Å². The molecule has 1 aromatic rings. The molecule has 7 heteroatoms. The summed E-state index contributed by atoms with van der Waals surface area (Å²) in [6.45, 7) is 7.69. The zero-order valence-corrected chi connectivity index (χ0v) is 15.3. The van der Waals surface area contributed by atoms with Gasteiger partial charge in [0.1, 0.15) is 11.9 Å². The monoisotopic (exact) mass is 347 g/mol. The second-order valence-corrected chi connectivity index (χ2v) is 6.59. The summed E-state index contributed by atoms with van der Waals surface area (Å²) in [5.74, 6) is 0.269. The Balaban J connectivity index is 1.82. The van der Waals surface area contributed by atoms with Crippen LogP contribution in [0.1, 0.15) is 46.5 Å². The number of amides is 3. The molecule has 1 saturated heterocycles. The average molecular weight is 347 g/mol. The van der Waals surface area contributed by atoms with Crippen LogP contribution in [0.4, 0.5) is 16.3 Å². The van der Waals surface area contributed by atoms with Crippen LogP contribution in [0.15, 0.2) is 18.3 Å². The molecular formula is C18H29N5O2. The first-order valence-corrected chi connectivity index (χ1v) is 9.08. The van der Waals surface area contributed by atoms with E-state index in [9.17, 15) is 9.59 Å². The zero-order valence-electron chi connectivity index (χ0n) is 15.3. The minimum atomic E-state index is -0.610. The lowest BCUT2D eigenvalue weighted by atomic mass is 10.1. The normalized spacial score (nSPS) is 16.7. The van der Waals surface area contributed by atoms with Gasteiger partial charge in [-0.05, 0) is 51.7 Å². The largest absolute Gasteiger partial charge is 0.370 e. The van der Waals surface area contributed by atoms with Crippen molar-refractivity contribution >= 4 is 23.4 Å². The maximum absolute atomic E-state index is 12.0. The third kappa shape index (κ3) is 5.92. The van der Waals surface area contributed by atoms with Gasteiger partial charge in [-0.25, -0.2) is 9.78 Å². The van der Waals surface area contributed by atoms with E-state index in [0.29, 0.717) is 5.82 Å². The smallest absolute Gasteiger partial charge is 0.321 e. The Morgan fingerprint density at radius 1 is 1.16 bits per heavy atom. The third-order valence-corrected chi connectivity index (χ3v) is 4.45. The second-order valence-electron chi connectivity index (χ2n) is 6.59. The van der Waals surface area contributed by atoms with Crippen molar-refractivity contribution in [2.75, 3.05) is 23.3 Å². The van der Waals surface area contributed by atoms with Crippen LogP contribution in [0.25, 0.3) is 0 Å². The van der Waals surface area contributed by atoms with E-state index in [4.69, 9.17) is 0 Å². The highest BCUT2D eigenvalue weighted by Gasteiger charge is 2.17. The summed E-state index contributed by atoms with van der Waals surface area (Å²) in [6, 6.07) is 2.79. The van der Waals surface area contributed by atoms with Crippen molar-refractivity contribution in [1.82, 2.24) is 15.6 Å². The Labute approximate surface area is 149 Å². The van der Waals surface area contributed by atoms with Crippen LogP contribution in [0.3, 0.4) is 0 Å². The summed E-state index contributed by atoms with van der Waals surface area (Å²) in [6.07, 6.45) is 6.32. The maximum atomic E-state index is 12.0. The van der Waals surface area contributed by atoms with Crippen LogP contribution < -0.4 is 20.9 Å². The van der Waals surface area contributed by atoms with Crippen LogP contribution >= 0.6 is 0 Å². The van der Waals surface area contributed by atoms with E-state index in [0.717, 1.165) is 25.2 Å². The highest BCUT2D eigenvalue weighted by atomic mass is 16.2. The lowest BCUT2D eigenvalue weighted by Gasteiger charge is -2.28. The van der Waals surface area contributed by atoms with Gasteiger partial charge in [-0.1, -0.05) is 6.92 Å². The number of rotatable bonds is 6. The molecule has 2 atom stereocenters. The van der Waals surface area contributed by atoms with E-state index in [-0.39, 0.29) is 11.9 Å². The van der Waals surface area contributed by atoms with Crippen LogP contribution in [0.5, 0.6) is 0 Å². The maximum Gasteiger partial charge on any atom is 0.321 e. The van der Waals surface area contributed by atoms with Gasteiger partial charge in [0.05, 0.1) is 11.9 Å². The zero-order chi connectivity index (χ0) is 18.2. The summed E-state index contributed by atoms with van der Waals surface area (Å²) >= 11 is 0. The number of anilines is 2. The Morgan fingerprint density at radius 3 is 2.48 bits per heavy atom. The number of piperidine rings is 1. The van der Waals surface area contributed by atoms with Gasteiger partial charge >= 0.3 is 6.03 Å². The number of nitrogens with one attached hydrogen (secondary N) is 3. The van der Waals surface area contributed by atoms with Crippen molar-refractivity contribution in [2.45, 2.75) is 58.5 Å². The molecule has 0 bridgehead atoms. The first kappa shape index (κ1) is 19.0. The number of hydrogen-bond acceptors (Lipinski definition) is 4. The van der Waals surface area contributed by atoms with Crippen molar-refractivity contribution < 1.29 is 9.59 Å². The highest BCUT2D eigenvalue weighted by Crippen LogP contribution is 2.19. The third-order valence-electron chi connectivity index (χ3n) is 4.45. The van der Waals surface area contributed by atoms with E-state index in [1.807, 2.05) is 19.9 Å². The molecular weight excluding hydrogens is 318 g/mol. The number of aromatic nitrogens is 1. The van der Waals surface area contributed by atoms with E-state index in [1.54, 1.807) is 19.2 Å². The first-order chi connectivity index (χ1) is 12.0. The number of pyridine rings is 1. The van der Waals surface area contributed by atoms with Crippen LogP contribution in [0, 0.1) is 0 Å². The molecule has 1 aromatic heterocycles. The molecule has 1 aliphatic rings. The number of hydrogen-bond donors (Lipinski definition) is 3. The lowest BCUT2D eigenvalue weighted by Crippen LogP contribution is -2.48. The molecule has 2 rings (SSSR count). The molecule has 1 aliphatic heterocycles. The molecule has 138 valence electrons. The van der Waals surface area contributed by atoms with Crippen LogP contribution in [-0.4, -0.2) is 42.1 Å². The molecule has 7 nitrogen and oxygen atoms in total. The fourth-order valence-corrected chi connectivity index (χ4v) is 2.68. The predicted molar refractivity (Wildman–Crippen MR) is 99.8 cm³/mol. The van der Waals surface area contributed by atoms with Crippen molar-refractivity contribution in [1.29, 1.82) is 0 Å². The van der Waals surface area contributed by atoms with E-state index in [1.165, 1.54) is 19.3 Å². The highest BCUT2D eigenvalue weighted by molar-refractivity contribution is 5.93. The summed E-state index contributed by atoms with van der Waals surface area (Å²) in [5, 5.41) is 8.13. The Hall–Kier alpha value is -2.31. The predicted octanol–water partition coefficient (Wildman–Crippen LogP) is 2.50. The Kier molecular flexibility index (Phi) is 7.03. The number of carbonyl (C=O) groups excluding carboxylic acids is 2. The van der Waals surface area contributed by atoms with Crippen LogP contribution in [-0.2, 0) is 4.79 Å². The van der Waals surface area contributed by atoms with Gasteiger partial charge in [0.2, 0.25) is 5.91 Å². The van der Waals surface area contributed by atoms with Gasteiger partial charge in [-0.15, -0.1) is 0 Å².